The first-order chi connectivity index (χ1) is 16.5. The Morgan fingerprint density at radius 2 is 1.94 bits per heavy atom. The number of anilines is 1. The van der Waals surface area contributed by atoms with Gasteiger partial charge in [-0.3, -0.25) is 4.79 Å². The summed E-state index contributed by atoms with van der Waals surface area (Å²) in [6.07, 6.45) is 3.39. The maximum atomic E-state index is 12.3. The lowest BCUT2D eigenvalue weighted by atomic mass is 10.1. The predicted octanol–water partition coefficient (Wildman–Crippen LogP) is 4.52. The van der Waals surface area contributed by atoms with Crippen LogP contribution < -0.4 is 10.6 Å². The summed E-state index contributed by atoms with van der Waals surface area (Å²) >= 11 is 6.32. The summed E-state index contributed by atoms with van der Waals surface area (Å²) in [5, 5.41) is 15.8. The highest BCUT2D eigenvalue weighted by Gasteiger charge is 2.17. The number of nitrogens with zero attached hydrogens (tertiary/aromatic N) is 5. The number of benzene rings is 1. The van der Waals surface area contributed by atoms with Gasteiger partial charge in [-0.05, 0) is 42.8 Å². The summed E-state index contributed by atoms with van der Waals surface area (Å²) in [6.45, 7) is 2.47. The van der Waals surface area contributed by atoms with E-state index in [1.165, 1.54) is 0 Å². The van der Waals surface area contributed by atoms with Crippen LogP contribution in [0, 0.1) is 6.92 Å². The minimum Gasteiger partial charge on any atom is -0.364 e. The second kappa shape index (κ2) is 8.99. The fourth-order valence-electron chi connectivity index (χ4n) is 3.77. The van der Waals surface area contributed by atoms with Crippen LogP contribution in [-0.4, -0.2) is 37.3 Å². The average Bonchev–Trinajstić information content (AvgIpc) is 3.47. The molecule has 0 aliphatic heterocycles. The van der Waals surface area contributed by atoms with Gasteiger partial charge in [0.25, 0.3) is 5.91 Å². The van der Waals surface area contributed by atoms with E-state index in [1.54, 1.807) is 22.4 Å². The molecule has 0 bridgehead atoms. The van der Waals surface area contributed by atoms with Crippen molar-refractivity contribution in [3.8, 4) is 17.1 Å². The molecular formula is C25H22ClN7O. The van der Waals surface area contributed by atoms with E-state index in [-0.39, 0.29) is 5.91 Å². The van der Waals surface area contributed by atoms with Gasteiger partial charge in [-0.2, -0.15) is 5.10 Å². The van der Waals surface area contributed by atoms with Crippen LogP contribution in [0.2, 0.25) is 5.02 Å². The predicted molar refractivity (Wildman–Crippen MR) is 132 cm³/mol. The van der Waals surface area contributed by atoms with Crippen molar-refractivity contribution in [1.29, 1.82) is 0 Å². The fourth-order valence-corrected chi connectivity index (χ4v) is 3.97. The molecule has 0 unspecified atom stereocenters. The van der Waals surface area contributed by atoms with Crippen molar-refractivity contribution >= 4 is 28.8 Å². The zero-order chi connectivity index (χ0) is 23.7. The van der Waals surface area contributed by atoms with E-state index in [2.05, 4.69) is 20.7 Å². The summed E-state index contributed by atoms with van der Waals surface area (Å²) in [7, 11) is 1.60. The summed E-state index contributed by atoms with van der Waals surface area (Å²) in [5.74, 6) is 1.18. The van der Waals surface area contributed by atoms with Gasteiger partial charge in [0.2, 0.25) is 0 Å². The monoisotopic (exact) mass is 471 g/mol. The van der Waals surface area contributed by atoms with Gasteiger partial charge < -0.3 is 10.6 Å². The number of rotatable bonds is 6. The molecule has 0 atom stereocenters. The summed E-state index contributed by atoms with van der Waals surface area (Å²) in [4.78, 5) is 17.0. The molecule has 170 valence electrons. The van der Waals surface area contributed by atoms with Gasteiger partial charge in [-0.25, -0.2) is 14.2 Å². The zero-order valence-corrected chi connectivity index (χ0v) is 19.4. The minimum atomic E-state index is -0.192. The molecule has 1 amide bonds. The second-order valence-electron chi connectivity index (χ2n) is 7.79. The first-order valence-corrected chi connectivity index (χ1v) is 11.1. The van der Waals surface area contributed by atoms with Crippen molar-refractivity contribution in [3.05, 3.63) is 94.9 Å². The molecule has 0 saturated carbocycles. The van der Waals surface area contributed by atoms with Gasteiger partial charge in [0.15, 0.2) is 5.82 Å². The third kappa shape index (κ3) is 4.11. The number of hydrogen-bond donors (Lipinski definition) is 2. The van der Waals surface area contributed by atoms with Crippen LogP contribution in [0.3, 0.4) is 0 Å². The Morgan fingerprint density at radius 3 is 2.74 bits per heavy atom. The van der Waals surface area contributed by atoms with Crippen LogP contribution >= 0.6 is 11.6 Å². The molecule has 0 aliphatic rings. The van der Waals surface area contributed by atoms with E-state index in [9.17, 15) is 4.79 Å². The Kier molecular flexibility index (Phi) is 5.73. The van der Waals surface area contributed by atoms with Crippen molar-refractivity contribution in [3.63, 3.8) is 0 Å². The first kappa shape index (κ1) is 21.7. The van der Waals surface area contributed by atoms with E-state index in [0.717, 1.165) is 22.5 Å². The van der Waals surface area contributed by atoms with E-state index in [0.29, 0.717) is 34.3 Å². The smallest absolute Gasteiger partial charge is 0.254 e. The third-order valence-electron chi connectivity index (χ3n) is 5.51. The highest BCUT2D eigenvalue weighted by atomic mass is 35.5. The normalized spacial score (nSPS) is 11.0. The van der Waals surface area contributed by atoms with Gasteiger partial charge in [-0.1, -0.05) is 35.9 Å². The number of carbonyl (C=O) groups excluding carboxylic acids is 1. The summed E-state index contributed by atoms with van der Waals surface area (Å²) in [5.41, 5.74) is 4.77. The standard InChI is InChI=1S/C25H22ClN7O/c1-16-6-5-9-24(30-16)33-21(13-23(31-33)28-14-18-7-3-4-8-20(18)26)17-10-11-32-22(12-17)19(15-29-32)25(34)27-2/h3-13,15H,14H2,1-2H3,(H,27,34)(H,28,31). The largest absolute Gasteiger partial charge is 0.364 e. The number of pyridine rings is 2. The van der Waals surface area contributed by atoms with E-state index in [4.69, 9.17) is 16.7 Å². The molecular weight excluding hydrogens is 450 g/mol. The maximum absolute atomic E-state index is 12.3. The molecule has 5 rings (SSSR count). The van der Waals surface area contributed by atoms with Gasteiger partial charge in [0.05, 0.1) is 23.0 Å². The number of fused-ring (bicyclic) bond motifs is 1. The van der Waals surface area contributed by atoms with Crippen LogP contribution in [-0.2, 0) is 6.54 Å². The molecule has 34 heavy (non-hydrogen) atoms. The minimum absolute atomic E-state index is 0.192. The molecule has 0 radical (unpaired) electrons. The number of carbonyl (C=O) groups is 1. The Bertz CT molecular complexity index is 1500. The topological polar surface area (TPSA) is 89.1 Å². The van der Waals surface area contributed by atoms with Crippen molar-refractivity contribution in [2.75, 3.05) is 12.4 Å². The lowest BCUT2D eigenvalue weighted by molar-refractivity contribution is 0.0964. The number of aryl methyl sites for hydroxylation is 1. The Labute approximate surface area is 201 Å². The molecule has 4 heterocycles. The van der Waals surface area contributed by atoms with Crippen molar-refractivity contribution in [2.45, 2.75) is 13.5 Å². The quantitative estimate of drug-likeness (QED) is 0.380. The molecule has 1 aromatic carbocycles. The molecule has 0 spiro atoms. The first-order valence-electron chi connectivity index (χ1n) is 10.7. The molecule has 8 nitrogen and oxygen atoms in total. The lowest BCUT2D eigenvalue weighted by Gasteiger charge is -2.08. The molecule has 0 saturated heterocycles. The Morgan fingerprint density at radius 1 is 1.09 bits per heavy atom. The van der Waals surface area contributed by atoms with E-state index in [1.807, 2.05) is 73.8 Å². The van der Waals surface area contributed by atoms with Gasteiger partial charge in [0.1, 0.15) is 5.82 Å². The molecule has 9 heteroatoms. The molecule has 0 aliphatic carbocycles. The van der Waals surface area contributed by atoms with Crippen LogP contribution in [0.5, 0.6) is 0 Å². The summed E-state index contributed by atoms with van der Waals surface area (Å²) < 4.78 is 3.47. The van der Waals surface area contributed by atoms with Gasteiger partial charge >= 0.3 is 0 Å². The number of hydrogen-bond acceptors (Lipinski definition) is 5. The molecule has 0 fully saturated rings. The summed E-state index contributed by atoms with van der Waals surface area (Å²) in [6, 6.07) is 19.3. The second-order valence-corrected chi connectivity index (χ2v) is 8.20. The van der Waals surface area contributed by atoms with Crippen LogP contribution in [0.1, 0.15) is 21.6 Å². The number of aromatic nitrogens is 5. The maximum Gasteiger partial charge on any atom is 0.254 e. The van der Waals surface area contributed by atoms with Crippen LogP contribution in [0.4, 0.5) is 5.82 Å². The lowest BCUT2D eigenvalue weighted by Crippen LogP contribution is -2.17. The van der Waals surface area contributed by atoms with E-state index >= 15 is 0 Å². The number of halogens is 1. The van der Waals surface area contributed by atoms with E-state index < -0.39 is 0 Å². The van der Waals surface area contributed by atoms with Crippen molar-refractivity contribution in [1.82, 2.24) is 29.7 Å². The van der Waals surface area contributed by atoms with Gasteiger partial charge in [0, 0.05) is 42.1 Å². The average molecular weight is 472 g/mol. The molecule has 4 aromatic heterocycles. The Hall–Kier alpha value is -4.17. The number of amides is 1. The Balaban J connectivity index is 1.59. The van der Waals surface area contributed by atoms with Crippen molar-refractivity contribution < 1.29 is 4.79 Å². The fraction of sp³-hybridized carbons (Fsp3) is 0.120. The van der Waals surface area contributed by atoms with Crippen LogP contribution in [0.15, 0.2) is 73.1 Å². The van der Waals surface area contributed by atoms with Crippen molar-refractivity contribution in [2.24, 2.45) is 0 Å². The highest BCUT2D eigenvalue weighted by molar-refractivity contribution is 6.31. The molecule has 2 N–H and O–H groups in total. The third-order valence-corrected chi connectivity index (χ3v) is 5.88. The van der Waals surface area contributed by atoms with Crippen LogP contribution in [0.25, 0.3) is 22.6 Å². The van der Waals surface area contributed by atoms with Gasteiger partial charge in [-0.15, -0.1) is 5.10 Å². The number of nitrogens with one attached hydrogen (secondary N) is 2. The molecule has 5 aromatic rings. The zero-order valence-electron chi connectivity index (χ0n) is 18.7. The SMILES string of the molecule is CNC(=O)c1cnn2ccc(-c3cc(NCc4ccccc4Cl)nn3-c3cccc(C)n3)cc12. The highest BCUT2D eigenvalue weighted by Crippen LogP contribution is 2.28.